The summed E-state index contributed by atoms with van der Waals surface area (Å²) in [6.07, 6.45) is 1.48. The highest BCUT2D eigenvalue weighted by Gasteiger charge is 2.34. The molecule has 0 bridgehead atoms. The summed E-state index contributed by atoms with van der Waals surface area (Å²) in [4.78, 5) is 27.0. The number of halogens is 2. The minimum atomic E-state index is -0.582. The highest BCUT2D eigenvalue weighted by Crippen LogP contribution is 2.29. The maximum absolute atomic E-state index is 13.2. The largest absolute Gasteiger partial charge is 0.457 e. The number of carbonyl (C=O) groups is 2. The van der Waals surface area contributed by atoms with Gasteiger partial charge in [-0.1, -0.05) is 41.4 Å². The predicted octanol–water partition coefficient (Wildman–Crippen LogP) is 5.62. The lowest BCUT2D eigenvalue weighted by atomic mass is 10.1. The number of hydrogen-bond acceptors (Lipinski definition) is 4. The molecule has 0 aromatic heterocycles. The predicted molar refractivity (Wildman–Crippen MR) is 126 cm³/mol. The zero-order chi connectivity index (χ0) is 22.0. The number of carbonyl (C=O) groups excluding carboxylic acids is 2. The standard InChI is InChI=1S/C23H14Cl2N2O3S/c24-15-5-9-17(10-6-15)27-22(29)19(21(28)26-23(27)31)13-14-3-1-2-4-20(14)30-18-11-7-16(25)8-12-18/h1-13H,(H,26,28,31)/b19-13-. The summed E-state index contributed by atoms with van der Waals surface area (Å²) in [7, 11) is 0. The van der Waals surface area contributed by atoms with Crippen LogP contribution in [0.1, 0.15) is 5.56 Å². The highest BCUT2D eigenvalue weighted by molar-refractivity contribution is 7.80. The van der Waals surface area contributed by atoms with E-state index in [1.807, 2.05) is 0 Å². The van der Waals surface area contributed by atoms with Crippen LogP contribution in [0.25, 0.3) is 6.08 Å². The van der Waals surface area contributed by atoms with E-state index in [2.05, 4.69) is 5.32 Å². The molecule has 5 nitrogen and oxygen atoms in total. The molecule has 1 aliphatic rings. The molecule has 3 aromatic rings. The molecule has 0 saturated carbocycles. The fourth-order valence-corrected chi connectivity index (χ4v) is 3.49. The van der Waals surface area contributed by atoms with Gasteiger partial charge in [0, 0.05) is 15.6 Å². The number of para-hydroxylation sites is 1. The lowest BCUT2D eigenvalue weighted by Crippen LogP contribution is -2.54. The van der Waals surface area contributed by atoms with Crippen LogP contribution in [0.5, 0.6) is 11.5 Å². The fourth-order valence-electron chi connectivity index (χ4n) is 2.96. The van der Waals surface area contributed by atoms with Crippen LogP contribution in [0, 0.1) is 0 Å². The molecule has 154 valence electrons. The van der Waals surface area contributed by atoms with E-state index in [1.54, 1.807) is 72.8 Å². The normalized spacial score (nSPS) is 15.2. The third-order valence-corrected chi connectivity index (χ3v) is 5.24. The zero-order valence-corrected chi connectivity index (χ0v) is 18.2. The number of nitrogens with zero attached hydrogens (tertiary/aromatic N) is 1. The molecule has 0 radical (unpaired) electrons. The lowest BCUT2D eigenvalue weighted by molar-refractivity contribution is -0.122. The number of anilines is 1. The van der Waals surface area contributed by atoms with E-state index < -0.39 is 11.8 Å². The quantitative estimate of drug-likeness (QED) is 0.306. The molecule has 8 heteroatoms. The number of ether oxygens (including phenoxy) is 1. The molecular weight excluding hydrogens is 455 g/mol. The molecule has 0 aliphatic carbocycles. The molecule has 1 N–H and O–H groups in total. The van der Waals surface area contributed by atoms with E-state index >= 15 is 0 Å². The number of thiocarbonyl (C=S) groups is 1. The fraction of sp³-hybridized carbons (Fsp3) is 0. The molecule has 1 fully saturated rings. The van der Waals surface area contributed by atoms with Gasteiger partial charge in [0.2, 0.25) is 0 Å². The Hall–Kier alpha value is -3.19. The third kappa shape index (κ3) is 4.61. The van der Waals surface area contributed by atoms with Gasteiger partial charge in [0.15, 0.2) is 5.11 Å². The number of nitrogens with one attached hydrogen (secondary N) is 1. The van der Waals surface area contributed by atoms with Crippen molar-refractivity contribution in [2.24, 2.45) is 0 Å². The Morgan fingerprint density at radius 3 is 2.16 bits per heavy atom. The smallest absolute Gasteiger partial charge is 0.270 e. The van der Waals surface area contributed by atoms with Crippen LogP contribution in [0.15, 0.2) is 78.4 Å². The van der Waals surface area contributed by atoms with Crippen LogP contribution in [-0.2, 0) is 9.59 Å². The molecule has 1 heterocycles. The number of amides is 2. The molecule has 0 atom stereocenters. The number of hydrogen-bond donors (Lipinski definition) is 1. The molecule has 0 unspecified atom stereocenters. The monoisotopic (exact) mass is 468 g/mol. The van der Waals surface area contributed by atoms with Crippen LogP contribution >= 0.6 is 35.4 Å². The van der Waals surface area contributed by atoms with Crippen LogP contribution in [0.3, 0.4) is 0 Å². The Labute approximate surface area is 193 Å². The molecule has 31 heavy (non-hydrogen) atoms. The summed E-state index contributed by atoms with van der Waals surface area (Å²) >= 11 is 17.1. The van der Waals surface area contributed by atoms with Crippen molar-refractivity contribution < 1.29 is 14.3 Å². The summed E-state index contributed by atoms with van der Waals surface area (Å²) in [6, 6.07) is 20.5. The second-order valence-corrected chi connectivity index (χ2v) is 7.79. The van der Waals surface area contributed by atoms with E-state index in [9.17, 15) is 9.59 Å². The first-order valence-corrected chi connectivity index (χ1v) is 10.3. The molecule has 4 rings (SSSR count). The maximum Gasteiger partial charge on any atom is 0.270 e. The van der Waals surface area contributed by atoms with Gasteiger partial charge in [-0.3, -0.25) is 19.8 Å². The minimum Gasteiger partial charge on any atom is -0.457 e. The number of rotatable bonds is 4. The van der Waals surface area contributed by atoms with Crippen molar-refractivity contribution in [3.05, 3.63) is 94.0 Å². The maximum atomic E-state index is 13.2. The van der Waals surface area contributed by atoms with Gasteiger partial charge in [0.25, 0.3) is 11.8 Å². The minimum absolute atomic E-state index is 0.000159. The van der Waals surface area contributed by atoms with Crippen molar-refractivity contribution in [1.82, 2.24) is 5.32 Å². The first kappa shape index (κ1) is 21.1. The first-order chi connectivity index (χ1) is 14.9. The average Bonchev–Trinajstić information content (AvgIpc) is 2.75. The second-order valence-electron chi connectivity index (χ2n) is 6.53. The third-order valence-electron chi connectivity index (χ3n) is 4.45. The summed E-state index contributed by atoms with van der Waals surface area (Å²) in [5.41, 5.74) is 0.978. The van der Waals surface area contributed by atoms with Crippen molar-refractivity contribution in [3.8, 4) is 11.5 Å². The van der Waals surface area contributed by atoms with Crippen LogP contribution in [0.2, 0.25) is 10.0 Å². The second kappa shape index (κ2) is 8.89. The van der Waals surface area contributed by atoms with Crippen LogP contribution in [-0.4, -0.2) is 16.9 Å². The average molecular weight is 469 g/mol. The van der Waals surface area contributed by atoms with Gasteiger partial charge in [-0.2, -0.15) is 0 Å². The van der Waals surface area contributed by atoms with E-state index in [0.717, 1.165) is 0 Å². The van der Waals surface area contributed by atoms with Crippen molar-refractivity contribution in [2.75, 3.05) is 4.90 Å². The Kier molecular flexibility index (Phi) is 6.04. The molecule has 1 saturated heterocycles. The SMILES string of the molecule is O=C1NC(=S)N(c2ccc(Cl)cc2)C(=O)/C1=C\c1ccccc1Oc1ccc(Cl)cc1. The van der Waals surface area contributed by atoms with Crippen molar-refractivity contribution in [3.63, 3.8) is 0 Å². The van der Waals surface area contributed by atoms with Crippen molar-refractivity contribution >= 4 is 64.1 Å². The van der Waals surface area contributed by atoms with Gasteiger partial charge in [0.05, 0.1) is 5.69 Å². The van der Waals surface area contributed by atoms with Crippen molar-refractivity contribution in [1.29, 1.82) is 0 Å². The van der Waals surface area contributed by atoms with E-state index in [4.69, 9.17) is 40.2 Å². The van der Waals surface area contributed by atoms with Crippen molar-refractivity contribution in [2.45, 2.75) is 0 Å². The topological polar surface area (TPSA) is 58.6 Å². The van der Waals surface area contributed by atoms with E-state index in [-0.39, 0.29) is 10.7 Å². The van der Waals surface area contributed by atoms with E-state index in [0.29, 0.717) is 32.8 Å². The first-order valence-electron chi connectivity index (χ1n) is 9.12. The molecule has 3 aromatic carbocycles. The summed E-state index contributed by atoms with van der Waals surface area (Å²) in [5, 5.41) is 3.67. The van der Waals surface area contributed by atoms with Gasteiger partial charge < -0.3 is 4.74 Å². The van der Waals surface area contributed by atoms with Gasteiger partial charge >= 0.3 is 0 Å². The Bertz CT molecular complexity index is 1210. The van der Waals surface area contributed by atoms with Gasteiger partial charge in [0.1, 0.15) is 17.1 Å². The number of benzene rings is 3. The highest BCUT2D eigenvalue weighted by atomic mass is 35.5. The molecule has 0 spiro atoms. The Morgan fingerprint density at radius 2 is 1.48 bits per heavy atom. The Morgan fingerprint density at radius 1 is 0.871 bits per heavy atom. The molecule has 1 aliphatic heterocycles. The summed E-state index contributed by atoms with van der Waals surface area (Å²) in [6.45, 7) is 0. The molecular formula is C23H14Cl2N2O3S. The van der Waals surface area contributed by atoms with Gasteiger partial charge in [-0.05, 0) is 72.9 Å². The lowest BCUT2D eigenvalue weighted by Gasteiger charge is -2.29. The van der Waals surface area contributed by atoms with E-state index in [1.165, 1.54) is 11.0 Å². The van der Waals surface area contributed by atoms with Crippen LogP contribution in [0.4, 0.5) is 5.69 Å². The summed E-state index contributed by atoms with van der Waals surface area (Å²) < 4.78 is 5.92. The summed E-state index contributed by atoms with van der Waals surface area (Å²) in [5.74, 6) is -0.0818. The van der Waals surface area contributed by atoms with Gasteiger partial charge in [-0.25, -0.2) is 0 Å². The van der Waals surface area contributed by atoms with Crippen LogP contribution < -0.4 is 15.0 Å². The zero-order valence-electron chi connectivity index (χ0n) is 15.8. The Balaban J connectivity index is 1.69. The van der Waals surface area contributed by atoms with Gasteiger partial charge in [-0.15, -0.1) is 0 Å². The molecule has 2 amide bonds.